The zero-order valence-electron chi connectivity index (χ0n) is 15.7. The number of fused-ring (bicyclic) bond motifs is 1. The van der Waals surface area contributed by atoms with Gasteiger partial charge in [-0.1, -0.05) is 29.0 Å². The molecule has 2 N–H and O–H groups in total. The summed E-state index contributed by atoms with van der Waals surface area (Å²) in [5, 5.41) is 9.85. The third-order valence-electron chi connectivity index (χ3n) is 3.96. The summed E-state index contributed by atoms with van der Waals surface area (Å²) in [5.41, 5.74) is 1.99. The molecule has 0 atom stereocenters. The van der Waals surface area contributed by atoms with E-state index in [2.05, 4.69) is 0 Å². The zero-order valence-corrected chi connectivity index (χ0v) is 17.4. The van der Waals surface area contributed by atoms with Crippen molar-refractivity contribution in [2.45, 2.75) is 31.7 Å². The fourth-order valence-corrected chi connectivity index (χ4v) is 4.01. The first-order valence-corrected chi connectivity index (χ1v) is 10.6. The van der Waals surface area contributed by atoms with Crippen LogP contribution in [0, 0.1) is 13.8 Å². The van der Waals surface area contributed by atoms with Crippen LogP contribution in [0.15, 0.2) is 47.4 Å². The second kappa shape index (κ2) is 9.13. The Balaban J connectivity index is 0.000000221. The molecule has 0 aliphatic carbocycles. The molecule has 3 aromatic rings. The molecule has 0 spiro atoms. The van der Waals surface area contributed by atoms with E-state index in [4.69, 9.17) is 14.4 Å². The van der Waals surface area contributed by atoms with Crippen LogP contribution in [-0.4, -0.2) is 31.2 Å². The van der Waals surface area contributed by atoms with Crippen molar-refractivity contribution >= 4 is 37.6 Å². The van der Waals surface area contributed by atoms with Crippen LogP contribution in [0.4, 0.5) is 0 Å². The Kier molecular flexibility index (Phi) is 7.11. The lowest BCUT2D eigenvalue weighted by atomic mass is 10.2. The smallest absolute Gasteiger partial charge is 0.309 e. The minimum atomic E-state index is -4.02. The summed E-state index contributed by atoms with van der Waals surface area (Å²) in [7, 11) is -2.39. The topological polar surface area (TPSA) is 105 Å². The molecule has 0 radical (unpaired) electrons. The van der Waals surface area contributed by atoms with Crippen LogP contribution in [0.2, 0.25) is 0 Å². The summed E-state index contributed by atoms with van der Waals surface area (Å²) in [6.45, 7) is 4.33. The number of carboxylic acids is 1. The number of hydrogen-bond acceptors (Lipinski definition) is 5. The van der Waals surface area contributed by atoms with Crippen LogP contribution in [-0.2, 0) is 21.5 Å². The Hall–Kier alpha value is -2.49. The number of nitrogens with zero attached hydrogens (tertiary/aromatic N) is 1. The predicted octanol–water partition coefficient (Wildman–Crippen LogP) is 3.22. The fourth-order valence-electron chi connectivity index (χ4n) is 2.50. The van der Waals surface area contributed by atoms with Gasteiger partial charge in [0.25, 0.3) is 10.1 Å². The Morgan fingerprint density at radius 2 is 1.79 bits per heavy atom. The van der Waals surface area contributed by atoms with Crippen LogP contribution < -0.4 is 9.30 Å². The first-order chi connectivity index (χ1) is 13.1. The summed E-state index contributed by atoms with van der Waals surface area (Å²) in [5.74, 6) is 0.0125. The minimum absolute atomic E-state index is 0.0666. The second-order valence-electron chi connectivity index (χ2n) is 6.04. The quantitative estimate of drug-likeness (QED) is 0.481. The number of hydrogen-bond donors (Lipinski definition) is 2. The summed E-state index contributed by atoms with van der Waals surface area (Å²) in [6.07, 6.45) is 0.133. The number of carbonyl (C=O) groups is 1. The van der Waals surface area contributed by atoms with Crippen molar-refractivity contribution in [3.8, 4) is 5.75 Å². The van der Waals surface area contributed by atoms with Crippen LogP contribution in [0.25, 0.3) is 10.2 Å². The monoisotopic (exact) mass is 424 g/mol. The molecule has 0 aliphatic heterocycles. The zero-order chi connectivity index (χ0) is 20.9. The highest BCUT2D eigenvalue weighted by atomic mass is 32.2. The summed E-state index contributed by atoms with van der Waals surface area (Å²) < 4.78 is 37.9. The highest BCUT2D eigenvalue weighted by molar-refractivity contribution is 7.85. The SMILES string of the molecule is COc1ccc2sc(C)[n+](CCC(=O)O)c2c1.Cc1ccc(S(=O)(=O)O)cc1. The largest absolute Gasteiger partial charge is 0.497 e. The molecule has 0 saturated carbocycles. The van der Waals surface area contributed by atoms with Gasteiger partial charge in [0.05, 0.1) is 18.1 Å². The Labute approximate surface area is 167 Å². The second-order valence-corrected chi connectivity index (χ2v) is 8.69. The van der Waals surface area contributed by atoms with Crippen molar-refractivity contribution in [3.05, 3.63) is 53.0 Å². The molecule has 2 aromatic carbocycles. The molecule has 1 aromatic heterocycles. The number of rotatable bonds is 5. The van der Waals surface area contributed by atoms with Crippen molar-refractivity contribution in [2.75, 3.05) is 7.11 Å². The maximum Gasteiger partial charge on any atom is 0.309 e. The van der Waals surface area contributed by atoms with Gasteiger partial charge in [-0.3, -0.25) is 9.35 Å². The van der Waals surface area contributed by atoms with Gasteiger partial charge in [0.1, 0.15) is 16.9 Å². The minimum Gasteiger partial charge on any atom is -0.497 e. The number of ether oxygens (including phenoxy) is 1. The first kappa shape index (κ1) is 21.8. The van der Waals surface area contributed by atoms with Crippen molar-refractivity contribution in [3.63, 3.8) is 0 Å². The number of methoxy groups -OCH3 is 1. The van der Waals surface area contributed by atoms with Gasteiger partial charge in [0.15, 0.2) is 6.54 Å². The molecule has 0 fully saturated rings. The molecule has 9 heteroatoms. The first-order valence-electron chi connectivity index (χ1n) is 8.34. The van der Waals surface area contributed by atoms with Gasteiger partial charge in [-0.05, 0) is 31.2 Å². The molecule has 3 rings (SSSR count). The van der Waals surface area contributed by atoms with E-state index in [9.17, 15) is 13.2 Å². The Bertz CT molecular complexity index is 1070. The maximum atomic E-state index is 10.6. The van der Waals surface area contributed by atoms with Crippen LogP contribution >= 0.6 is 11.3 Å². The average molecular weight is 425 g/mol. The molecular weight excluding hydrogens is 402 g/mol. The van der Waals surface area contributed by atoms with E-state index in [-0.39, 0.29) is 11.3 Å². The van der Waals surface area contributed by atoms with Gasteiger partial charge in [-0.25, -0.2) is 0 Å². The molecule has 0 bridgehead atoms. The number of aliphatic carboxylic acids is 1. The average Bonchev–Trinajstić information content (AvgIpc) is 2.94. The van der Waals surface area contributed by atoms with Gasteiger partial charge in [-0.2, -0.15) is 13.0 Å². The molecule has 0 saturated heterocycles. The van der Waals surface area contributed by atoms with E-state index in [0.717, 1.165) is 26.5 Å². The van der Waals surface area contributed by atoms with E-state index in [0.29, 0.717) is 6.54 Å². The van der Waals surface area contributed by atoms with Gasteiger partial charge in [0, 0.05) is 6.92 Å². The van der Waals surface area contributed by atoms with Crippen LogP contribution in [0.5, 0.6) is 5.75 Å². The van der Waals surface area contributed by atoms with Gasteiger partial charge in [0.2, 0.25) is 10.5 Å². The number of carboxylic acid groups (broad SMARTS) is 1. The highest BCUT2D eigenvalue weighted by Crippen LogP contribution is 2.24. The summed E-state index contributed by atoms with van der Waals surface area (Å²) >= 11 is 1.66. The summed E-state index contributed by atoms with van der Waals surface area (Å²) in [4.78, 5) is 10.6. The molecule has 0 unspecified atom stereocenters. The lowest BCUT2D eigenvalue weighted by Gasteiger charge is -1.98. The van der Waals surface area contributed by atoms with Crippen molar-refractivity contribution < 1.29 is 32.2 Å². The molecule has 150 valence electrons. The number of aromatic nitrogens is 1. The lowest BCUT2D eigenvalue weighted by molar-refractivity contribution is -0.671. The van der Waals surface area contributed by atoms with Crippen molar-refractivity contribution in [1.82, 2.24) is 0 Å². The van der Waals surface area contributed by atoms with Gasteiger partial charge >= 0.3 is 5.97 Å². The van der Waals surface area contributed by atoms with Crippen molar-refractivity contribution in [1.29, 1.82) is 0 Å². The maximum absolute atomic E-state index is 10.6. The number of thiazole rings is 1. The van der Waals surface area contributed by atoms with Gasteiger partial charge in [-0.15, -0.1) is 0 Å². The van der Waals surface area contributed by atoms with E-state index in [1.165, 1.54) is 12.1 Å². The van der Waals surface area contributed by atoms with Gasteiger partial charge < -0.3 is 9.84 Å². The van der Waals surface area contributed by atoms with E-state index in [1.54, 1.807) is 30.6 Å². The van der Waals surface area contributed by atoms with E-state index >= 15 is 0 Å². The fraction of sp³-hybridized carbons (Fsp3) is 0.263. The standard InChI is InChI=1S/C12H13NO3S.C7H8O3S/c1-8-13(6-5-12(14)15)10-7-9(16-2)3-4-11(10)17-8;1-6-2-4-7(5-3-6)11(8,9)10/h3-4,7H,5-6H2,1-2H3;2-5H,1H3,(H,8,9,10)/p+1. The molecule has 0 amide bonds. The van der Waals surface area contributed by atoms with E-state index in [1.807, 2.05) is 36.6 Å². The number of benzene rings is 2. The third-order valence-corrected chi connectivity index (χ3v) is 5.91. The molecule has 7 nitrogen and oxygen atoms in total. The van der Waals surface area contributed by atoms with E-state index < -0.39 is 16.1 Å². The summed E-state index contributed by atoms with van der Waals surface area (Å²) in [6, 6.07) is 11.9. The normalized spacial score (nSPS) is 11.0. The van der Waals surface area contributed by atoms with Crippen LogP contribution in [0.1, 0.15) is 17.0 Å². The molecular formula is C19H22NO6S2+. The number of aryl methyl sites for hydroxylation is 3. The molecule has 1 heterocycles. The predicted molar refractivity (Wildman–Crippen MR) is 107 cm³/mol. The van der Waals surface area contributed by atoms with Crippen molar-refractivity contribution in [2.24, 2.45) is 0 Å². The highest BCUT2D eigenvalue weighted by Gasteiger charge is 2.18. The third kappa shape index (κ3) is 5.75. The Morgan fingerprint density at radius 3 is 2.32 bits per heavy atom. The molecule has 0 aliphatic rings. The van der Waals surface area contributed by atoms with Crippen LogP contribution in [0.3, 0.4) is 0 Å². The molecule has 28 heavy (non-hydrogen) atoms. The Morgan fingerprint density at radius 1 is 1.14 bits per heavy atom. The lowest BCUT2D eigenvalue weighted by Crippen LogP contribution is -2.36.